The lowest BCUT2D eigenvalue weighted by molar-refractivity contribution is 0.367. The summed E-state index contributed by atoms with van der Waals surface area (Å²) < 4.78 is 0. The molecule has 0 bridgehead atoms. The summed E-state index contributed by atoms with van der Waals surface area (Å²) >= 11 is 0. The van der Waals surface area contributed by atoms with Crippen molar-refractivity contribution in [2.45, 2.75) is 64.0 Å². The van der Waals surface area contributed by atoms with Crippen molar-refractivity contribution in [3.63, 3.8) is 0 Å². The van der Waals surface area contributed by atoms with Gasteiger partial charge in [0.1, 0.15) is 14.7 Å². The quantitative estimate of drug-likeness (QED) is 0.151. The van der Waals surface area contributed by atoms with Crippen LogP contribution in [-0.2, 0) is 5.41 Å². The largest absolute Gasteiger partial charge is 0.305 e. The fourth-order valence-corrected chi connectivity index (χ4v) is 13.8. The van der Waals surface area contributed by atoms with Gasteiger partial charge in [0.2, 0.25) is 0 Å². The zero-order valence-electron chi connectivity index (χ0n) is 26.7. The van der Waals surface area contributed by atoms with Gasteiger partial charge in [0.15, 0.2) is 11.6 Å². The van der Waals surface area contributed by atoms with Crippen molar-refractivity contribution >= 4 is 41.5 Å². The third kappa shape index (κ3) is 4.93. The van der Waals surface area contributed by atoms with Gasteiger partial charge < -0.3 is 9.80 Å². The highest BCUT2D eigenvalue weighted by Crippen LogP contribution is 2.55. The van der Waals surface area contributed by atoms with Crippen LogP contribution in [0.1, 0.15) is 53.2 Å². The normalized spacial score (nSPS) is 13.7. The Kier molecular flexibility index (Phi) is 8.17. The van der Waals surface area contributed by atoms with E-state index in [-0.39, 0.29) is 10.5 Å². The molecule has 0 saturated heterocycles. The van der Waals surface area contributed by atoms with Crippen LogP contribution >= 0.6 is 0 Å². The summed E-state index contributed by atoms with van der Waals surface area (Å²) in [6.45, 7) is 12.8. The Morgan fingerprint density at radius 2 is 1.09 bits per heavy atom. The second kappa shape index (κ2) is 12.0. The zero-order valence-corrected chi connectivity index (χ0v) is 27.7. The summed E-state index contributed by atoms with van der Waals surface area (Å²) in [5.74, 6) is 1.82. The molecule has 224 valence electrons. The molecule has 5 aromatic rings. The van der Waals surface area contributed by atoms with E-state index < -0.39 is 8.07 Å². The predicted octanol–water partition coefficient (Wildman–Crippen LogP) is 8.85. The summed E-state index contributed by atoms with van der Waals surface area (Å²) in [6.07, 6.45) is 4.42. The summed E-state index contributed by atoms with van der Waals surface area (Å²) in [5, 5.41) is 2.87. The highest BCUT2D eigenvalue weighted by molar-refractivity contribution is 7.04. The van der Waals surface area contributed by atoms with Gasteiger partial charge in [-0.3, -0.25) is 0 Å². The maximum atomic E-state index is 5.55. The van der Waals surface area contributed by atoms with Crippen molar-refractivity contribution in [2.24, 2.45) is 0 Å². The van der Waals surface area contributed by atoms with Crippen LogP contribution in [-0.4, -0.2) is 24.7 Å². The number of para-hydroxylation sites is 2. The molecule has 2 heterocycles. The fraction of sp³-hybridized carbons (Fsp3) is 0.282. The van der Waals surface area contributed by atoms with E-state index in [4.69, 9.17) is 9.97 Å². The van der Waals surface area contributed by atoms with Crippen LogP contribution in [0.2, 0.25) is 11.1 Å². The molecule has 1 aliphatic rings. The summed E-state index contributed by atoms with van der Waals surface area (Å²) in [6, 6.07) is 45.0. The second-order valence-corrected chi connectivity index (χ2v) is 17.8. The van der Waals surface area contributed by atoms with E-state index in [9.17, 15) is 0 Å². The standard InChI is InChI=1S/C39H44N4Si/c1-6-7-28-44(33-24-16-10-17-25-33,34-26-18-11-19-27-34)39(4,5)38(2,3)35-29-40-36-37(41-35)43(32-22-14-9-15-23-32)30-42(36)31-20-12-8-13-21-31/h8-27,29H,6-7,28,30H2,1-5H3. The van der Waals surface area contributed by atoms with E-state index in [2.05, 4.69) is 172 Å². The van der Waals surface area contributed by atoms with Crippen LogP contribution in [0.4, 0.5) is 23.0 Å². The van der Waals surface area contributed by atoms with Crippen molar-refractivity contribution in [1.82, 2.24) is 9.97 Å². The molecule has 6 rings (SSSR count). The molecule has 5 heteroatoms. The van der Waals surface area contributed by atoms with E-state index in [1.54, 1.807) is 0 Å². The molecule has 0 aliphatic carbocycles. The van der Waals surface area contributed by atoms with E-state index >= 15 is 0 Å². The molecule has 0 unspecified atom stereocenters. The van der Waals surface area contributed by atoms with Crippen molar-refractivity contribution in [2.75, 3.05) is 16.5 Å². The van der Waals surface area contributed by atoms with E-state index in [1.165, 1.54) is 29.3 Å². The lowest BCUT2D eigenvalue weighted by atomic mass is 9.77. The first-order valence-corrected chi connectivity index (χ1v) is 18.2. The SMILES string of the molecule is CCCC[Si](c1ccccc1)(c1ccccc1)C(C)(C)C(C)(C)c1cnc2c(n1)N(c1ccccc1)CN2c1ccccc1. The molecule has 0 radical (unpaired) electrons. The molecule has 4 aromatic carbocycles. The topological polar surface area (TPSA) is 32.3 Å². The third-order valence-electron chi connectivity index (χ3n) is 10.4. The third-order valence-corrected chi connectivity index (χ3v) is 16.9. The lowest BCUT2D eigenvalue weighted by Crippen LogP contribution is -2.68. The number of hydrogen-bond donors (Lipinski definition) is 0. The Labute approximate surface area is 264 Å². The number of unbranched alkanes of at least 4 members (excludes halogenated alkanes) is 1. The van der Waals surface area contributed by atoms with Crippen LogP contribution in [0, 0.1) is 0 Å². The predicted molar refractivity (Wildman–Crippen MR) is 189 cm³/mol. The minimum atomic E-state index is -2.38. The minimum Gasteiger partial charge on any atom is -0.305 e. The molecule has 0 atom stereocenters. The molecule has 1 aromatic heterocycles. The molecular formula is C39H44N4Si. The molecular weight excluding hydrogens is 553 g/mol. The fourth-order valence-electron chi connectivity index (χ4n) is 7.18. The first-order chi connectivity index (χ1) is 21.3. The number of rotatable bonds is 10. The van der Waals surface area contributed by atoms with Crippen molar-refractivity contribution in [1.29, 1.82) is 0 Å². The highest BCUT2D eigenvalue weighted by Gasteiger charge is 2.57. The van der Waals surface area contributed by atoms with Gasteiger partial charge in [-0.25, -0.2) is 9.97 Å². The zero-order chi connectivity index (χ0) is 30.8. The smallest absolute Gasteiger partial charge is 0.178 e. The highest BCUT2D eigenvalue weighted by atomic mass is 28.3. The Hall–Kier alpha value is -4.22. The molecule has 0 spiro atoms. The molecule has 0 fully saturated rings. The Balaban J connectivity index is 1.52. The number of benzene rings is 4. The Bertz CT molecular complexity index is 1630. The Morgan fingerprint density at radius 3 is 1.57 bits per heavy atom. The summed E-state index contributed by atoms with van der Waals surface area (Å²) in [4.78, 5) is 15.3. The molecule has 0 amide bonds. The number of aromatic nitrogens is 2. The Morgan fingerprint density at radius 1 is 0.636 bits per heavy atom. The van der Waals surface area contributed by atoms with Gasteiger partial charge in [-0.05, 0) is 35.3 Å². The van der Waals surface area contributed by atoms with Crippen molar-refractivity contribution < 1.29 is 0 Å². The second-order valence-electron chi connectivity index (χ2n) is 13.1. The van der Waals surface area contributed by atoms with Gasteiger partial charge in [-0.2, -0.15) is 0 Å². The first kappa shape index (κ1) is 29.8. The van der Waals surface area contributed by atoms with Crippen LogP contribution in [0.15, 0.2) is 128 Å². The van der Waals surface area contributed by atoms with Crippen LogP contribution in [0.5, 0.6) is 0 Å². The van der Waals surface area contributed by atoms with Crippen molar-refractivity contribution in [3.8, 4) is 0 Å². The average molecular weight is 597 g/mol. The number of fused-ring (bicyclic) bond motifs is 1. The van der Waals surface area contributed by atoms with Crippen LogP contribution < -0.4 is 20.2 Å². The van der Waals surface area contributed by atoms with E-state index in [1.807, 2.05) is 0 Å². The number of nitrogens with zero attached hydrogens (tertiary/aromatic N) is 4. The minimum absolute atomic E-state index is 0.115. The molecule has 0 N–H and O–H groups in total. The van der Waals surface area contributed by atoms with Gasteiger partial charge >= 0.3 is 0 Å². The average Bonchev–Trinajstić information content (AvgIpc) is 3.46. The molecule has 0 saturated carbocycles. The van der Waals surface area contributed by atoms with Crippen LogP contribution in [0.25, 0.3) is 0 Å². The van der Waals surface area contributed by atoms with E-state index in [0.29, 0.717) is 6.67 Å². The lowest BCUT2D eigenvalue weighted by Gasteiger charge is -2.54. The monoisotopic (exact) mass is 596 g/mol. The summed E-state index contributed by atoms with van der Waals surface area (Å²) in [5.41, 5.74) is 2.99. The van der Waals surface area contributed by atoms with Gasteiger partial charge in [-0.15, -0.1) is 0 Å². The molecule has 44 heavy (non-hydrogen) atoms. The van der Waals surface area contributed by atoms with E-state index in [0.717, 1.165) is 28.7 Å². The van der Waals surface area contributed by atoms with Gasteiger partial charge in [-0.1, -0.05) is 155 Å². The number of hydrogen-bond acceptors (Lipinski definition) is 4. The maximum Gasteiger partial charge on any atom is 0.178 e. The maximum absolute atomic E-state index is 5.55. The van der Waals surface area contributed by atoms with Gasteiger partial charge in [0.05, 0.1) is 11.9 Å². The first-order valence-electron chi connectivity index (χ1n) is 15.9. The summed E-state index contributed by atoms with van der Waals surface area (Å²) in [7, 11) is -2.38. The van der Waals surface area contributed by atoms with Crippen LogP contribution in [0.3, 0.4) is 0 Å². The number of anilines is 4. The van der Waals surface area contributed by atoms with Crippen molar-refractivity contribution in [3.05, 3.63) is 133 Å². The molecule has 1 aliphatic heterocycles. The van der Waals surface area contributed by atoms with Gasteiger partial charge in [0, 0.05) is 16.8 Å². The van der Waals surface area contributed by atoms with Gasteiger partial charge in [0.25, 0.3) is 0 Å². The molecule has 4 nitrogen and oxygen atoms in total.